The van der Waals surface area contributed by atoms with Gasteiger partial charge in [-0.1, -0.05) is 30.3 Å². The van der Waals surface area contributed by atoms with Gasteiger partial charge in [0.05, 0.1) is 6.21 Å². The van der Waals surface area contributed by atoms with Crippen molar-refractivity contribution < 1.29 is 9.90 Å². The van der Waals surface area contributed by atoms with Gasteiger partial charge in [0, 0.05) is 24.3 Å². The van der Waals surface area contributed by atoms with Crippen LogP contribution in [0.3, 0.4) is 0 Å². The molecule has 0 radical (unpaired) electrons. The Morgan fingerprint density at radius 1 is 1.00 bits per heavy atom. The van der Waals surface area contributed by atoms with Crippen LogP contribution in [0, 0.1) is 13.8 Å². The van der Waals surface area contributed by atoms with Gasteiger partial charge in [-0.25, -0.2) is 5.43 Å². The van der Waals surface area contributed by atoms with Crippen LogP contribution in [0.1, 0.15) is 38.2 Å². The lowest BCUT2D eigenvalue weighted by atomic mass is 10.0. The molecular formula is C24H23N3O2. The molecule has 1 aliphatic rings. The summed E-state index contributed by atoms with van der Waals surface area (Å²) in [6, 6.07) is 18.8. The topological polar surface area (TPSA) is 64.9 Å². The van der Waals surface area contributed by atoms with Gasteiger partial charge in [-0.15, -0.1) is 0 Å². The van der Waals surface area contributed by atoms with Crippen LogP contribution in [0.2, 0.25) is 0 Å². The Hall–Kier alpha value is -3.60. The van der Waals surface area contributed by atoms with Crippen molar-refractivity contribution in [3.63, 3.8) is 0 Å². The van der Waals surface area contributed by atoms with Crippen molar-refractivity contribution in [1.29, 1.82) is 0 Å². The maximum atomic E-state index is 12.5. The third-order valence-corrected chi connectivity index (χ3v) is 5.26. The van der Waals surface area contributed by atoms with Crippen molar-refractivity contribution in [3.8, 4) is 5.75 Å². The smallest absolute Gasteiger partial charge is 0.271 e. The largest absolute Gasteiger partial charge is 0.508 e. The van der Waals surface area contributed by atoms with Crippen molar-refractivity contribution in [2.75, 3.05) is 4.90 Å². The van der Waals surface area contributed by atoms with Gasteiger partial charge in [0.25, 0.3) is 5.91 Å². The monoisotopic (exact) mass is 385 g/mol. The molecule has 0 aromatic heterocycles. The maximum absolute atomic E-state index is 12.5. The van der Waals surface area contributed by atoms with Crippen molar-refractivity contribution in [1.82, 2.24) is 5.43 Å². The molecule has 1 amide bonds. The SMILES string of the molecule is Cc1cc2c(cc1C)CN(c1cccc(C(=O)N/N=C\c3cccc(O)c3)c1)C2. The number of fused-ring (bicyclic) bond motifs is 1. The lowest BCUT2D eigenvalue weighted by Crippen LogP contribution is -2.19. The van der Waals surface area contributed by atoms with Gasteiger partial charge in [-0.3, -0.25) is 4.79 Å². The van der Waals surface area contributed by atoms with Crippen LogP contribution in [0.25, 0.3) is 0 Å². The number of aromatic hydroxyl groups is 1. The first-order valence-electron chi connectivity index (χ1n) is 9.56. The highest BCUT2D eigenvalue weighted by atomic mass is 16.3. The third kappa shape index (κ3) is 4.14. The third-order valence-electron chi connectivity index (χ3n) is 5.26. The van der Waals surface area contributed by atoms with E-state index in [-0.39, 0.29) is 11.7 Å². The molecule has 29 heavy (non-hydrogen) atoms. The number of hydrogen-bond donors (Lipinski definition) is 2. The molecule has 5 nitrogen and oxygen atoms in total. The molecular weight excluding hydrogens is 362 g/mol. The number of benzene rings is 3. The fraction of sp³-hybridized carbons (Fsp3) is 0.167. The molecule has 2 N–H and O–H groups in total. The standard InChI is InChI=1S/C24H23N3O2/c1-16-9-20-14-27(15-21(20)10-17(16)2)22-7-4-6-19(12-22)24(29)26-25-13-18-5-3-8-23(28)11-18/h3-13,28H,14-15H2,1-2H3,(H,26,29)/b25-13-. The van der Waals surface area contributed by atoms with Gasteiger partial charge < -0.3 is 10.0 Å². The molecule has 5 heteroatoms. The van der Waals surface area contributed by atoms with E-state index in [1.807, 2.05) is 18.2 Å². The van der Waals surface area contributed by atoms with Crippen LogP contribution in [0.15, 0.2) is 65.8 Å². The van der Waals surface area contributed by atoms with E-state index >= 15 is 0 Å². The minimum atomic E-state index is -0.272. The van der Waals surface area contributed by atoms with E-state index in [9.17, 15) is 9.90 Å². The summed E-state index contributed by atoms with van der Waals surface area (Å²) in [5, 5.41) is 13.5. The van der Waals surface area contributed by atoms with Gasteiger partial charge in [0.1, 0.15) is 5.75 Å². The number of anilines is 1. The fourth-order valence-electron chi connectivity index (χ4n) is 3.56. The minimum Gasteiger partial charge on any atom is -0.508 e. The van der Waals surface area contributed by atoms with Gasteiger partial charge in [0.15, 0.2) is 0 Å². The van der Waals surface area contributed by atoms with Crippen molar-refractivity contribution in [2.24, 2.45) is 5.10 Å². The highest BCUT2D eigenvalue weighted by molar-refractivity contribution is 5.95. The molecule has 0 saturated heterocycles. The fourth-order valence-corrected chi connectivity index (χ4v) is 3.56. The number of phenolic OH excluding ortho intramolecular Hbond substituents is 1. The van der Waals surface area contributed by atoms with Gasteiger partial charge in [-0.05, 0) is 72.0 Å². The van der Waals surface area contributed by atoms with Crippen LogP contribution < -0.4 is 10.3 Å². The second kappa shape index (κ2) is 7.80. The van der Waals surface area contributed by atoms with E-state index in [1.54, 1.807) is 30.3 Å². The molecule has 0 atom stereocenters. The number of nitrogens with zero attached hydrogens (tertiary/aromatic N) is 2. The summed E-state index contributed by atoms with van der Waals surface area (Å²) in [5.74, 6) is -0.114. The first-order chi connectivity index (χ1) is 14.0. The van der Waals surface area contributed by atoms with E-state index < -0.39 is 0 Å². The van der Waals surface area contributed by atoms with Gasteiger partial charge in [-0.2, -0.15) is 5.10 Å². The first-order valence-corrected chi connectivity index (χ1v) is 9.56. The van der Waals surface area contributed by atoms with Gasteiger partial charge >= 0.3 is 0 Å². The zero-order valence-corrected chi connectivity index (χ0v) is 16.5. The van der Waals surface area contributed by atoms with E-state index in [4.69, 9.17) is 0 Å². The second-order valence-corrected chi connectivity index (χ2v) is 7.41. The lowest BCUT2D eigenvalue weighted by Gasteiger charge is -2.18. The quantitative estimate of drug-likeness (QED) is 0.520. The maximum Gasteiger partial charge on any atom is 0.271 e. The van der Waals surface area contributed by atoms with E-state index in [0.717, 1.165) is 18.8 Å². The summed E-state index contributed by atoms with van der Waals surface area (Å²) >= 11 is 0. The Kier molecular flexibility index (Phi) is 5.04. The summed E-state index contributed by atoms with van der Waals surface area (Å²) in [4.78, 5) is 14.8. The number of nitrogens with one attached hydrogen (secondary N) is 1. The Balaban J connectivity index is 1.45. The van der Waals surface area contributed by atoms with E-state index in [2.05, 4.69) is 41.4 Å². The number of amides is 1. The first kappa shape index (κ1) is 18.7. The van der Waals surface area contributed by atoms with Crippen molar-refractivity contribution in [2.45, 2.75) is 26.9 Å². The predicted molar refractivity (Wildman–Crippen MR) is 115 cm³/mol. The van der Waals surface area contributed by atoms with Crippen LogP contribution >= 0.6 is 0 Å². The molecule has 3 aromatic rings. The van der Waals surface area contributed by atoms with Crippen LogP contribution in [0.4, 0.5) is 5.69 Å². The molecule has 146 valence electrons. The number of hydrazone groups is 1. The van der Waals surface area contributed by atoms with Crippen LogP contribution in [0.5, 0.6) is 5.75 Å². The highest BCUT2D eigenvalue weighted by Gasteiger charge is 2.20. The lowest BCUT2D eigenvalue weighted by molar-refractivity contribution is 0.0955. The van der Waals surface area contributed by atoms with Crippen molar-refractivity contribution >= 4 is 17.8 Å². The Morgan fingerprint density at radius 2 is 1.69 bits per heavy atom. The number of hydrogen-bond acceptors (Lipinski definition) is 4. The number of aryl methyl sites for hydroxylation is 2. The zero-order chi connectivity index (χ0) is 20.4. The average molecular weight is 385 g/mol. The molecule has 0 saturated carbocycles. The van der Waals surface area contributed by atoms with Crippen LogP contribution in [-0.4, -0.2) is 17.2 Å². The molecule has 0 fully saturated rings. The number of carbonyl (C=O) groups is 1. The van der Waals surface area contributed by atoms with E-state index in [0.29, 0.717) is 11.1 Å². The predicted octanol–water partition coefficient (Wildman–Crippen LogP) is 4.29. The summed E-state index contributed by atoms with van der Waals surface area (Å²) in [7, 11) is 0. The van der Waals surface area contributed by atoms with Gasteiger partial charge in [0.2, 0.25) is 0 Å². The summed E-state index contributed by atoms with van der Waals surface area (Å²) in [6.45, 7) is 5.97. The molecule has 0 unspecified atom stereocenters. The summed E-state index contributed by atoms with van der Waals surface area (Å²) < 4.78 is 0. The average Bonchev–Trinajstić information content (AvgIpc) is 3.11. The summed E-state index contributed by atoms with van der Waals surface area (Å²) in [6.07, 6.45) is 1.50. The second-order valence-electron chi connectivity index (χ2n) is 7.41. The Labute approximate surface area is 170 Å². The summed E-state index contributed by atoms with van der Waals surface area (Å²) in [5.41, 5.74) is 10.1. The molecule has 3 aromatic carbocycles. The molecule has 0 bridgehead atoms. The van der Waals surface area contributed by atoms with E-state index in [1.165, 1.54) is 28.5 Å². The molecule has 0 aliphatic carbocycles. The number of rotatable bonds is 4. The minimum absolute atomic E-state index is 0.157. The normalized spacial score (nSPS) is 13.0. The molecule has 0 spiro atoms. The number of carbonyl (C=O) groups excluding carboxylic acids is 1. The molecule has 1 heterocycles. The van der Waals surface area contributed by atoms with Crippen LogP contribution in [-0.2, 0) is 13.1 Å². The Morgan fingerprint density at radius 3 is 2.38 bits per heavy atom. The Bertz CT molecular complexity index is 1070. The number of phenols is 1. The van der Waals surface area contributed by atoms with Crippen molar-refractivity contribution in [3.05, 3.63) is 94.0 Å². The zero-order valence-electron chi connectivity index (χ0n) is 16.5. The highest BCUT2D eigenvalue weighted by Crippen LogP contribution is 2.30. The molecule has 4 rings (SSSR count). The molecule has 1 aliphatic heterocycles.